The summed E-state index contributed by atoms with van der Waals surface area (Å²) >= 11 is 0. The van der Waals surface area contributed by atoms with Crippen LogP contribution in [0.4, 0.5) is 0 Å². The highest BCUT2D eigenvalue weighted by Gasteiger charge is 2.14. The molecule has 10 nitrogen and oxygen atoms in total. The molecule has 0 aromatic carbocycles. The number of nitrogens with two attached hydrogens (primary N) is 2. The van der Waals surface area contributed by atoms with Gasteiger partial charge in [-0.15, -0.1) is 0 Å². The summed E-state index contributed by atoms with van der Waals surface area (Å²) in [5.41, 5.74) is 10.4. The fraction of sp³-hybridized carbons (Fsp3) is 0.667. The lowest BCUT2D eigenvalue weighted by atomic mass is 10.4. The molecule has 13 heteroatoms. The molecule has 0 saturated heterocycles. The predicted octanol–water partition coefficient (Wildman–Crippen LogP) is -1.46. The molecule has 0 spiro atoms. The zero-order valence-electron chi connectivity index (χ0n) is 9.37. The van der Waals surface area contributed by atoms with Crippen molar-refractivity contribution in [1.82, 2.24) is 0 Å². The summed E-state index contributed by atoms with van der Waals surface area (Å²) in [4.78, 5) is 20.5. The summed E-state index contributed by atoms with van der Waals surface area (Å²) in [6.07, 6.45) is 0. The van der Waals surface area contributed by atoms with Gasteiger partial charge in [0, 0.05) is 11.5 Å². The Morgan fingerprint density at radius 1 is 0.947 bits per heavy atom. The highest BCUT2D eigenvalue weighted by Crippen LogP contribution is 2.22. The summed E-state index contributed by atoms with van der Waals surface area (Å²) in [5, 5.41) is 16.8. The molecule has 0 aliphatic heterocycles. The van der Waals surface area contributed by atoms with Crippen molar-refractivity contribution in [3.05, 3.63) is 0 Å². The van der Waals surface area contributed by atoms with Crippen molar-refractivity contribution in [3.63, 3.8) is 0 Å². The van der Waals surface area contributed by atoms with E-state index in [4.69, 9.17) is 39.2 Å². The normalized spacial score (nSPS) is 13.9. The first-order valence-corrected chi connectivity index (χ1v) is 8.24. The van der Waals surface area contributed by atoms with E-state index in [1.165, 1.54) is 21.6 Å². The van der Waals surface area contributed by atoms with Gasteiger partial charge < -0.3 is 21.7 Å². The van der Waals surface area contributed by atoms with E-state index in [0.29, 0.717) is 0 Å². The van der Waals surface area contributed by atoms with E-state index in [0.717, 1.165) is 0 Å². The topological polar surface area (TPSA) is 201 Å². The van der Waals surface area contributed by atoms with Gasteiger partial charge in [0.05, 0.1) is 0 Å². The zero-order valence-corrected chi connectivity index (χ0v) is 11.8. The fourth-order valence-electron chi connectivity index (χ4n) is 0.385. The first-order valence-electron chi connectivity index (χ1n) is 4.36. The Balaban J connectivity index is 0. The summed E-state index contributed by atoms with van der Waals surface area (Å²) < 4.78 is 31.6. The molecule has 0 radical (unpaired) electrons. The van der Waals surface area contributed by atoms with Gasteiger partial charge in [0.25, 0.3) is 0 Å². The van der Waals surface area contributed by atoms with Gasteiger partial charge in [-0.2, -0.15) is 8.42 Å². The van der Waals surface area contributed by atoms with Gasteiger partial charge in [-0.05, 0) is 0 Å². The maximum Gasteiger partial charge on any atom is 0.394 e. The highest BCUT2D eigenvalue weighted by atomic mass is 33.1. The van der Waals surface area contributed by atoms with Crippen molar-refractivity contribution >= 4 is 43.9 Å². The van der Waals surface area contributed by atoms with Crippen LogP contribution in [0.1, 0.15) is 0 Å². The molecule has 2 atom stereocenters. The maximum atomic E-state index is 10.3. The van der Waals surface area contributed by atoms with Crippen molar-refractivity contribution in [2.24, 2.45) is 11.5 Å². The van der Waals surface area contributed by atoms with Crippen molar-refractivity contribution in [2.75, 3.05) is 11.5 Å². The third-order valence-corrected chi connectivity index (χ3v) is 3.69. The average molecular weight is 338 g/mol. The van der Waals surface area contributed by atoms with Crippen LogP contribution in [0.3, 0.4) is 0 Å². The first kappa shape index (κ1) is 20.7. The number of carboxylic acids is 2. The van der Waals surface area contributed by atoms with Gasteiger partial charge in [0.15, 0.2) is 0 Å². The summed E-state index contributed by atoms with van der Waals surface area (Å²) in [6, 6.07) is -1.85. The molecule has 0 bridgehead atoms. The van der Waals surface area contributed by atoms with Gasteiger partial charge >= 0.3 is 22.3 Å². The monoisotopic (exact) mass is 338 g/mol. The minimum Gasteiger partial charge on any atom is -0.480 e. The molecule has 0 aliphatic rings. The predicted molar refractivity (Wildman–Crippen MR) is 70.3 cm³/mol. The number of hydrogen-bond donors (Lipinski definition) is 6. The molecular weight excluding hydrogens is 324 g/mol. The van der Waals surface area contributed by atoms with Gasteiger partial charge in [-0.1, -0.05) is 21.6 Å². The summed E-state index contributed by atoms with van der Waals surface area (Å²) in [5.74, 6) is -1.68. The minimum absolute atomic E-state index is 0.229. The Kier molecular flexibility index (Phi) is 11.2. The number of carboxylic acid groups (broad SMARTS) is 2. The molecule has 0 rings (SSSR count). The Hall–Kier alpha value is -0.570. The van der Waals surface area contributed by atoms with E-state index in [1.54, 1.807) is 0 Å². The fourth-order valence-corrected chi connectivity index (χ4v) is 2.61. The third kappa shape index (κ3) is 19.9. The molecule has 0 unspecified atom stereocenters. The Labute approximate surface area is 116 Å². The second-order valence-electron chi connectivity index (χ2n) is 2.91. The van der Waals surface area contributed by atoms with E-state index >= 15 is 0 Å². The molecule has 0 aliphatic carbocycles. The Morgan fingerprint density at radius 2 is 1.16 bits per heavy atom. The van der Waals surface area contributed by atoms with Gasteiger partial charge in [-0.3, -0.25) is 18.7 Å². The standard InChI is InChI=1S/C6H12N2O4S2.H2O4S/c7-3(5(9)10)1-13-14-2-4(8)6(11)12;1-5(2,3)4/h3-4H,1-2,7-8H2,(H,9,10)(H,11,12);(H2,1,2,3,4)/t3-,4-;/m0./s1. The van der Waals surface area contributed by atoms with Crippen LogP contribution in [0.25, 0.3) is 0 Å². The number of carbonyl (C=O) groups is 2. The summed E-state index contributed by atoms with van der Waals surface area (Å²) in [6.45, 7) is 0. The quantitative estimate of drug-likeness (QED) is 0.179. The zero-order chi connectivity index (χ0) is 15.6. The van der Waals surface area contributed by atoms with Gasteiger partial charge in [0.2, 0.25) is 0 Å². The number of aliphatic carboxylic acids is 2. The SMILES string of the molecule is N[C@@H](CSSC[C@H](N)C(=O)O)C(=O)O.O=S(=O)(O)O. The molecule has 114 valence electrons. The molecular formula is C6H14N2O8S3. The van der Waals surface area contributed by atoms with Crippen molar-refractivity contribution in [2.45, 2.75) is 12.1 Å². The van der Waals surface area contributed by atoms with Crippen molar-refractivity contribution in [1.29, 1.82) is 0 Å². The largest absolute Gasteiger partial charge is 0.480 e. The van der Waals surface area contributed by atoms with Crippen LogP contribution in [-0.4, -0.2) is 63.3 Å². The highest BCUT2D eigenvalue weighted by molar-refractivity contribution is 8.76. The maximum absolute atomic E-state index is 10.3. The smallest absolute Gasteiger partial charge is 0.394 e. The first-order chi connectivity index (χ1) is 8.45. The lowest BCUT2D eigenvalue weighted by Gasteiger charge is -2.07. The molecule has 0 aromatic heterocycles. The molecule has 0 aromatic rings. The van der Waals surface area contributed by atoms with E-state index in [2.05, 4.69) is 0 Å². The van der Waals surface area contributed by atoms with Crippen molar-refractivity contribution in [3.8, 4) is 0 Å². The van der Waals surface area contributed by atoms with Crippen LogP contribution < -0.4 is 11.5 Å². The van der Waals surface area contributed by atoms with Gasteiger partial charge in [-0.25, -0.2) is 0 Å². The van der Waals surface area contributed by atoms with Crippen molar-refractivity contribution < 1.29 is 37.3 Å². The minimum atomic E-state index is -4.67. The molecule has 0 fully saturated rings. The van der Waals surface area contributed by atoms with E-state index in [-0.39, 0.29) is 11.5 Å². The third-order valence-electron chi connectivity index (χ3n) is 1.21. The van der Waals surface area contributed by atoms with Crippen LogP contribution in [-0.2, 0) is 20.0 Å². The lowest BCUT2D eigenvalue weighted by Crippen LogP contribution is -2.33. The molecule has 0 amide bonds. The molecule has 0 heterocycles. The molecule has 0 saturated carbocycles. The molecule has 19 heavy (non-hydrogen) atoms. The Morgan fingerprint density at radius 3 is 1.32 bits per heavy atom. The number of hydrogen-bond acceptors (Lipinski definition) is 8. The second-order valence-corrected chi connectivity index (χ2v) is 6.35. The van der Waals surface area contributed by atoms with Gasteiger partial charge in [0.1, 0.15) is 12.1 Å². The second kappa shape index (κ2) is 10.2. The van der Waals surface area contributed by atoms with Crippen LogP contribution in [0.5, 0.6) is 0 Å². The van der Waals surface area contributed by atoms with Crippen LogP contribution >= 0.6 is 21.6 Å². The van der Waals surface area contributed by atoms with E-state index in [9.17, 15) is 9.59 Å². The van der Waals surface area contributed by atoms with E-state index < -0.39 is 34.4 Å². The molecule has 8 N–H and O–H groups in total. The van der Waals surface area contributed by atoms with Crippen LogP contribution in [0, 0.1) is 0 Å². The van der Waals surface area contributed by atoms with E-state index in [1.807, 2.05) is 0 Å². The lowest BCUT2D eigenvalue weighted by molar-refractivity contribution is -0.138. The summed E-state index contributed by atoms with van der Waals surface area (Å²) in [7, 11) is -2.26. The van der Waals surface area contributed by atoms with Crippen LogP contribution in [0.15, 0.2) is 0 Å². The average Bonchev–Trinajstić information content (AvgIpc) is 2.20. The van der Waals surface area contributed by atoms with Crippen LogP contribution in [0.2, 0.25) is 0 Å². The Bertz CT molecular complexity index is 356. The number of rotatable bonds is 7.